The van der Waals surface area contributed by atoms with Gasteiger partial charge in [-0.2, -0.15) is 0 Å². The molecule has 3 rings (SSSR count). The summed E-state index contributed by atoms with van der Waals surface area (Å²) in [5, 5.41) is 12.1. The Morgan fingerprint density at radius 2 is 1.74 bits per heavy atom. The minimum atomic E-state index is -1.04. The summed E-state index contributed by atoms with van der Waals surface area (Å²) in [7, 11) is 0. The Morgan fingerprint density at radius 3 is 2.35 bits per heavy atom. The summed E-state index contributed by atoms with van der Waals surface area (Å²) in [5.74, 6) is -0.789. The molecular formula is C26H32N2O6. The molecule has 0 aromatic heterocycles. The molecule has 2 aromatic rings. The van der Waals surface area contributed by atoms with E-state index in [1.165, 1.54) is 4.90 Å². The lowest BCUT2D eigenvalue weighted by molar-refractivity contribution is -0.149. The number of nitrogens with zero attached hydrogens (tertiary/aromatic N) is 1. The molecule has 34 heavy (non-hydrogen) atoms. The van der Waals surface area contributed by atoms with Crippen molar-refractivity contribution in [3.63, 3.8) is 0 Å². The highest BCUT2D eigenvalue weighted by atomic mass is 16.6. The molecule has 2 amide bonds. The maximum absolute atomic E-state index is 13.3. The fourth-order valence-corrected chi connectivity index (χ4v) is 3.84. The van der Waals surface area contributed by atoms with Gasteiger partial charge in [0.1, 0.15) is 30.0 Å². The Bertz CT molecular complexity index is 985. The molecule has 1 aliphatic rings. The van der Waals surface area contributed by atoms with Crippen LogP contribution in [0.1, 0.15) is 44.7 Å². The summed E-state index contributed by atoms with van der Waals surface area (Å²) in [6.07, 6.45) is 0.475. The lowest BCUT2D eigenvalue weighted by Crippen LogP contribution is -2.53. The van der Waals surface area contributed by atoms with Crippen molar-refractivity contribution < 1.29 is 29.0 Å². The van der Waals surface area contributed by atoms with Crippen molar-refractivity contribution in [3.8, 4) is 5.75 Å². The number of alkyl carbamates (subject to hydrolysis) is 1. The van der Waals surface area contributed by atoms with Crippen molar-refractivity contribution in [1.82, 2.24) is 10.2 Å². The smallest absolute Gasteiger partial charge is 0.408 e. The van der Waals surface area contributed by atoms with Crippen LogP contribution in [0.5, 0.6) is 5.75 Å². The average Bonchev–Trinajstić information content (AvgIpc) is 3.27. The van der Waals surface area contributed by atoms with Crippen molar-refractivity contribution in [2.45, 2.75) is 64.3 Å². The number of carboxylic acids is 1. The van der Waals surface area contributed by atoms with Gasteiger partial charge in [0.25, 0.3) is 0 Å². The summed E-state index contributed by atoms with van der Waals surface area (Å²) in [4.78, 5) is 38.6. The van der Waals surface area contributed by atoms with Gasteiger partial charge in [0.05, 0.1) is 0 Å². The van der Waals surface area contributed by atoms with Gasteiger partial charge in [-0.05, 0) is 56.9 Å². The van der Waals surface area contributed by atoms with E-state index in [0.717, 1.165) is 11.1 Å². The molecule has 8 nitrogen and oxygen atoms in total. The molecule has 1 fully saturated rings. The largest absolute Gasteiger partial charge is 0.489 e. The highest BCUT2D eigenvalue weighted by molar-refractivity contribution is 5.90. The van der Waals surface area contributed by atoms with Crippen LogP contribution in [0.25, 0.3) is 0 Å². The van der Waals surface area contributed by atoms with Crippen molar-refractivity contribution in [1.29, 1.82) is 0 Å². The number of amides is 2. The van der Waals surface area contributed by atoms with Gasteiger partial charge >= 0.3 is 12.1 Å². The molecule has 0 spiro atoms. The van der Waals surface area contributed by atoms with E-state index in [4.69, 9.17) is 9.47 Å². The third-order valence-electron chi connectivity index (χ3n) is 5.42. The van der Waals surface area contributed by atoms with Crippen LogP contribution in [0.15, 0.2) is 54.6 Å². The third-order valence-corrected chi connectivity index (χ3v) is 5.42. The maximum Gasteiger partial charge on any atom is 0.408 e. The Hall–Kier alpha value is -3.55. The number of nitrogens with one attached hydrogen (secondary N) is 1. The molecule has 0 bridgehead atoms. The van der Waals surface area contributed by atoms with Gasteiger partial charge in [0.15, 0.2) is 0 Å². The first-order valence-corrected chi connectivity index (χ1v) is 11.4. The number of rotatable bonds is 8. The first-order valence-electron chi connectivity index (χ1n) is 11.4. The molecule has 2 N–H and O–H groups in total. The van der Waals surface area contributed by atoms with E-state index in [1.54, 1.807) is 20.8 Å². The quantitative estimate of drug-likeness (QED) is 0.611. The average molecular weight is 469 g/mol. The number of carboxylic acid groups (broad SMARTS) is 1. The first-order chi connectivity index (χ1) is 16.1. The summed E-state index contributed by atoms with van der Waals surface area (Å²) in [6.45, 7) is 5.98. The van der Waals surface area contributed by atoms with E-state index in [1.807, 2.05) is 54.6 Å². The van der Waals surface area contributed by atoms with Gasteiger partial charge < -0.3 is 24.8 Å². The van der Waals surface area contributed by atoms with Crippen LogP contribution in [0, 0.1) is 0 Å². The third kappa shape index (κ3) is 7.23. The number of benzene rings is 2. The van der Waals surface area contributed by atoms with E-state index < -0.39 is 35.7 Å². The second-order valence-corrected chi connectivity index (χ2v) is 9.35. The normalized spacial score (nSPS) is 16.6. The SMILES string of the molecule is CC(C)(C)OC(=O)N[C@@H](Cc1ccc(OCc2ccccc2)cc1)C(=O)N1CCC[C@H]1C(=O)O. The molecule has 2 atom stereocenters. The fourth-order valence-electron chi connectivity index (χ4n) is 3.84. The molecule has 0 radical (unpaired) electrons. The highest BCUT2D eigenvalue weighted by Crippen LogP contribution is 2.21. The molecule has 0 unspecified atom stereocenters. The lowest BCUT2D eigenvalue weighted by atomic mass is 10.0. The number of carbonyl (C=O) groups is 3. The topological polar surface area (TPSA) is 105 Å². The fraction of sp³-hybridized carbons (Fsp3) is 0.423. The molecule has 1 aliphatic heterocycles. The maximum atomic E-state index is 13.3. The van der Waals surface area contributed by atoms with E-state index in [9.17, 15) is 19.5 Å². The number of ether oxygens (including phenoxy) is 2. The van der Waals surface area contributed by atoms with Crippen LogP contribution in [-0.2, 0) is 27.4 Å². The van der Waals surface area contributed by atoms with Gasteiger partial charge in [-0.25, -0.2) is 9.59 Å². The summed E-state index contributed by atoms with van der Waals surface area (Å²) in [5.41, 5.74) is 1.12. The van der Waals surface area contributed by atoms with Gasteiger partial charge in [0.2, 0.25) is 5.91 Å². The lowest BCUT2D eigenvalue weighted by Gasteiger charge is -2.28. The predicted molar refractivity (Wildman–Crippen MR) is 126 cm³/mol. The number of carbonyl (C=O) groups excluding carboxylic acids is 2. The Kier molecular flexibility index (Phi) is 8.15. The minimum absolute atomic E-state index is 0.194. The first kappa shape index (κ1) is 25.1. The van der Waals surface area contributed by atoms with Gasteiger partial charge in [-0.15, -0.1) is 0 Å². The van der Waals surface area contributed by atoms with Crippen LogP contribution in [0.4, 0.5) is 4.79 Å². The zero-order chi connectivity index (χ0) is 24.7. The highest BCUT2D eigenvalue weighted by Gasteiger charge is 2.38. The molecule has 8 heteroatoms. The summed E-state index contributed by atoms with van der Waals surface area (Å²) in [6, 6.07) is 15.2. The minimum Gasteiger partial charge on any atom is -0.489 e. The monoisotopic (exact) mass is 468 g/mol. The van der Waals surface area contributed by atoms with Crippen molar-refractivity contribution in [3.05, 3.63) is 65.7 Å². The van der Waals surface area contributed by atoms with E-state index in [-0.39, 0.29) is 6.42 Å². The standard InChI is InChI=1S/C26H32N2O6/c1-26(2,3)34-25(32)27-21(23(29)28-15-7-10-22(28)24(30)31)16-18-11-13-20(14-12-18)33-17-19-8-5-4-6-9-19/h4-6,8-9,11-14,21-22H,7,10,15-17H2,1-3H3,(H,27,32)(H,30,31)/t21-,22-/m0/s1. The Balaban J connectivity index is 1.70. The van der Waals surface area contributed by atoms with E-state index >= 15 is 0 Å². The number of hydrogen-bond donors (Lipinski definition) is 2. The predicted octanol–water partition coefficient (Wildman–Crippen LogP) is 3.78. The molecule has 0 saturated carbocycles. The van der Waals surface area contributed by atoms with Crippen LogP contribution in [0.3, 0.4) is 0 Å². The number of likely N-dealkylation sites (tertiary alicyclic amines) is 1. The number of aliphatic carboxylic acids is 1. The summed E-state index contributed by atoms with van der Waals surface area (Å²) >= 11 is 0. The molecule has 1 heterocycles. The van der Waals surface area contributed by atoms with Crippen LogP contribution >= 0.6 is 0 Å². The van der Waals surface area contributed by atoms with E-state index in [0.29, 0.717) is 31.7 Å². The number of hydrogen-bond acceptors (Lipinski definition) is 5. The summed E-state index contributed by atoms with van der Waals surface area (Å²) < 4.78 is 11.1. The molecule has 1 saturated heterocycles. The van der Waals surface area contributed by atoms with Gasteiger partial charge in [0, 0.05) is 13.0 Å². The van der Waals surface area contributed by atoms with Crippen LogP contribution < -0.4 is 10.1 Å². The van der Waals surface area contributed by atoms with Crippen molar-refractivity contribution in [2.75, 3.05) is 6.54 Å². The van der Waals surface area contributed by atoms with Crippen LogP contribution in [-0.4, -0.2) is 52.2 Å². The molecule has 182 valence electrons. The molecule has 0 aliphatic carbocycles. The van der Waals surface area contributed by atoms with Crippen molar-refractivity contribution in [2.24, 2.45) is 0 Å². The zero-order valence-corrected chi connectivity index (χ0v) is 19.8. The van der Waals surface area contributed by atoms with Crippen molar-refractivity contribution >= 4 is 18.0 Å². The van der Waals surface area contributed by atoms with Gasteiger partial charge in [-0.3, -0.25) is 4.79 Å². The Labute approximate surface area is 199 Å². The zero-order valence-electron chi connectivity index (χ0n) is 19.8. The van der Waals surface area contributed by atoms with Gasteiger partial charge in [-0.1, -0.05) is 42.5 Å². The van der Waals surface area contributed by atoms with E-state index in [2.05, 4.69) is 5.32 Å². The van der Waals surface area contributed by atoms with Crippen LogP contribution in [0.2, 0.25) is 0 Å². The molecule has 2 aromatic carbocycles. The second-order valence-electron chi connectivity index (χ2n) is 9.35. The Morgan fingerprint density at radius 1 is 1.06 bits per heavy atom. The second kappa shape index (κ2) is 11.0. The molecular weight excluding hydrogens is 436 g/mol.